The minimum Gasteiger partial charge on any atom is -0.457 e. The molecule has 0 amide bonds. The van der Waals surface area contributed by atoms with E-state index < -0.39 is 47.5 Å². The molecule has 3 aliphatic rings. The van der Waals surface area contributed by atoms with Gasteiger partial charge in [0.05, 0.1) is 12.2 Å². The highest BCUT2D eigenvalue weighted by atomic mass is 16.6. The van der Waals surface area contributed by atoms with Crippen LogP contribution in [0.4, 0.5) is 0 Å². The van der Waals surface area contributed by atoms with Gasteiger partial charge in [0, 0.05) is 17.4 Å². The van der Waals surface area contributed by atoms with Gasteiger partial charge in [-0.2, -0.15) is 5.26 Å². The molecule has 3 rings (SSSR count). The van der Waals surface area contributed by atoms with Gasteiger partial charge in [-0.25, -0.2) is 4.79 Å². The van der Waals surface area contributed by atoms with Crippen LogP contribution in [0.25, 0.3) is 0 Å². The third-order valence-electron chi connectivity index (χ3n) is 4.48. The molecule has 1 saturated heterocycles. The summed E-state index contributed by atoms with van der Waals surface area (Å²) in [6.45, 7) is 5.01. The van der Waals surface area contributed by atoms with Gasteiger partial charge in [0.2, 0.25) is 0 Å². The molecule has 0 aromatic carbocycles. The van der Waals surface area contributed by atoms with E-state index in [-0.39, 0.29) is 5.57 Å². The number of carbonyl (C=O) groups excluding carboxylic acids is 2. The third kappa shape index (κ3) is 1.23. The maximum Gasteiger partial charge on any atom is 0.333 e. The lowest BCUT2D eigenvalue weighted by Gasteiger charge is -2.31. The Labute approximate surface area is 109 Å². The number of ether oxygens (including phenoxy) is 2. The van der Waals surface area contributed by atoms with E-state index in [0.29, 0.717) is 6.42 Å². The van der Waals surface area contributed by atoms with Crippen molar-refractivity contribution in [3.8, 4) is 6.07 Å². The molecule has 0 aromatic rings. The average molecular weight is 263 g/mol. The van der Waals surface area contributed by atoms with Crippen molar-refractivity contribution in [2.75, 3.05) is 0 Å². The van der Waals surface area contributed by atoms with E-state index in [1.165, 1.54) is 6.92 Å². The molecule has 0 aromatic heterocycles. The molecule has 6 atom stereocenters. The van der Waals surface area contributed by atoms with Crippen molar-refractivity contribution in [1.29, 1.82) is 5.26 Å². The van der Waals surface area contributed by atoms with E-state index in [1.807, 2.05) is 6.07 Å². The summed E-state index contributed by atoms with van der Waals surface area (Å²) in [5, 5.41) is 19.4. The summed E-state index contributed by atoms with van der Waals surface area (Å²) in [6.07, 6.45) is -1.99. The Morgan fingerprint density at radius 1 is 1.68 bits per heavy atom. The van der Waals surface area contributed by atoms with Crippen molar-refractivity contribution in [2.45, 2.75) is 31.7 Å². The molecule has 6 unspecified atom stereocenters. The Balaban J connectivity index is 1.92. The quantitative estimate of drug-likeness (QED) is 0.553. The van der Waals surface area contributed by atoms with E-state index >= 15 is 0 Å². The predicted octanol–water partition coefficient (Wildman–Crippen LogP) is -0.0797. The summed E-state index contributed by atoms with van der Waals surface area (Å²) in [5.74, 6) is -2.10. The highest BCUT2D eigenvalue weighted by Crippen LogP contribution is 2.62. The predicted molar refractivity (Wildman–Crippen MR) is 60.2 cm³/mol. The van der Waals surface area contributed by atoms with E-state index in [9.17, 15) is 20.0 Å². The smallest absolute Gasteiger partial charge is 0.333 e. The van der Waals surface area contributed by atoms with Crippen LogP contribution in [0.2, 0.25) is 0 Å². The number of aliphatic hydroxyl groups excluding tert-OH is 1. The lowest BCUT2D eigenvalue weighted by atomic mass is 9.72. The minimum atomic E-state index is -1.47. The van der Waals surface area contributed by atoms with Crippen LogP contribution in [0.15, 0.2) is 12.2 Å². The van der Waals surface area contributed by atoms with Gasteiger partial charge in [-0.05, 0) is 13.3 Å². The number of hydrogen-bond acceptors (Lipinski definition) is 6. The number of fused-ring (bicyclic) bond motifs is 1. The summed E-state index contributed by atoms with van der Waals surface area (Å²) in [7, 11) is 0. The van der Waals surface area contributed by atoms with Gasteiger partial charge in [0.25, 0.3) is 0 Å². The van der Waals surface area contributed by atoms with Crippen molar-refractivity contribution >= 4 is 11.9 Å². The lowest BCUT2D eigenvalue weighted by molar-refractivity contribution is -0.159. The summed E-state index contributed by atoms with van der Waals surface area (Å²) in [6, 6.07) is 1.91. The molecule has 1 aliphatic heterocycles. The molecule has 1 N–H and O–H groups in total. The maximum atomic E-state index is 11.9. The number of carbonyl (C=O) groups is 2. The second-order valence-corrected chi connectivity index (χ2v) is 5.45. The summed E-state index contributed by atoms with van der Waals surface area (Å²) < 4.78 is 10.4. The zero-order valence-electron chi connectivity index (χ0n) is 10.3. The standard InChI is InChI=1S/C13H13NO5/c1-5(2)11(16)18-8-6-3-7-9(8)19-12(17)13(7,4-14)10(6)15/h6-10,15H,1,3H2,2H3. The van der Waals surface area contributed by atoms with Gasteiger partial charge in [-0.1, -0.05) is 6.58 Å². The van der Waals surface area contributed by atoms with E-state index in [4.69, 9.17) is 9.47 Å². The van der Waals surface area contributed by atoms with Gasteiger partial charge in [0.1, 0.15) is 12.2 Å². The molecule has 2 bridgehead atoms. The van der Waals surface area contributed by atoms with Crippen LogP contribution in [-0.2, 0) is 19.1 Å². The molecule has 0 spiro atoms. The zero-order chi connectivity index (χ0) is 13.9. The van der Waals surface area contributed by atoms with Gasteiger partial charge in [-0.15, -0.1) is 0 Å². The van der Waals surface area contributed by atoms with Crippen molar-refractivity contribution in [2.24, 2.45) is 17.3 Å². The first-order chi connectivity index (χ1) is 8.93. The molecule has 100 valence electrons. The number of nitriles is 1. The Morgan fingerprint density at radius 2 is 2.37 bits per heavy atom. The number of rotatable bonds is 2. The largest absolute Gasteiger partial charge is 0.457 e. The fraction of sp³-hybridized carbons (Fsp3) is 0.615. The van der Waals surface area contributed by atoms with Crippen LogP contribution in [0.3, 0.4) is 0 Å². The minimum absolute atomic E-state index is 0.244. The lowest BCUT2D eigenvalue weighted by Crippen LogP contribution is -2.49. The molecule has 2 aliphatic carbocycles. The molecule has 1 heterocycles. The second-order valence-electron chi connectivity index (χ2n) is 5.45. The second kappa shape index (κ2) is 3.58. The van der Waals surface area contributed by atoms with Gasteiger partial charge in [-0.3, -0.25) is 4.79 Å². The van der Waals surface area contributed by atoms with Gasteiger partial charge >= 0.3 is 11.9 Å². The Hall–Kier alpha value is -1.87. The maximum absolute atomic E-state index is 11.9. The fourth-order valence-corrected chi connectivity index (χ4v) is 3.56. The summed E-state index contributed by atoms with van der Waals surface area (Å²) in [4.78, 5) is 23.4. The fourth-order valence-electron chi connectivity index (χ4n) is 3.56. The number of hydrogen-bond donors (Lipinski definition) is 1. The van der Waals surface area contributed by atoms with Crippen LogP contribution in [0, 0.1) is 28.6 Å². The van der Waals surface area contributed by atoms with Gasteiger partial charge in [0.15, 0.2) is 5.41 Å². The van der Waals surface area contributed by atoms with Crippen LogP contribution >= 0.6 is 0 Å². The topological polar surface area (TPSA) is 96.6 Å². The molecule has 6 heteroatoms. The molecule has 0 radical (unpaired) electrons. The van der Waals surface area contributed by atoms with E-state index in [2.05, 4.69) is 6.58 Å². The average Bonchev–Trinajstić information content (AvgIpc) is 2.91. The molecular formula is C13H13NO5. The van der Waals surface area contributed by atoms with Crippen LogP contribution in [0.5, 0.6) is 0 Å². The van der Waals surface area contributed by atoms with Crippen molar-refractivity contribution in [3.05, 3.63) is 12.2 Å². The Kier molecular flexibility index (Phi) is 2.29. The molecule has 2 saturated carbocycles. The van der Waals surface area contributed by atoms with Crippen molar-refractivity contribution < 1.29 is 24.2 Å². The van der Waals surface area contributed by atoms with E-state index in [1.54, 1.807) is 0 Å². The number of nitrogens with zero attached hydrogens (tertiary/aromatic N) is 1. The van der Waals surface area contributed by atoms with Crippen molar-refractivity contribution in [3.63, 3.8) is 0 Å². The molecule has 19 heavy (non-hydrogen) atoms. The monoisotopic (exact) mass is 263 g/mol. The molecular weight excluding hydrogens is 250 g/mol. The SMILES string of the molecule is C=C(C)C(=O)OC1C2CC3C1OC(=O)C3(C#N)C2O. The van der Waals surface area contributed by atoms with Gasteiger partial charge < -0.3 is 14.6 Å². The van der Waals surface area contributed by atoms with Crippen LogP contribution in [-0.4, -0.2) is 35.4 Å². The third-order valence-corrected chi connectivity index (χ3v) is 4.48. The number of aliphatic hydroxyl groups is 1. The van der Waals surface area contributed by atoms with Crippen molar-refractivity contribution in [1.82, 2.24) is 0 Å². The normalized spacial score (nSPS) is 45.7. The van der Waals surface area contributed by atoms with Crippen LogP contribution < -0.4 is 0 Å². The summed E-state index contributed by atoms with van der Waals surface area (Å²) >= 11 is 0. The summed E-state index contributed by atoms with van der Waals surface area (Å²) in [5.41, 5.74) is -1.23. The van der Waals surface area contributed by atoms with Crippen LogP contribution in [0.1, 0.15) is 13.3 Å². The molecule has 6 nitrogen and oxygen atoms in total. The van der Waals surface area contributed by atoms with E-state index in [0.717, 1.165) is 0 Å². The zero-order valence-corrected chi connectivity index (χ0v) is 10.3. The first-order valence-corrected chi connectivity index (χ1v) is 6.10. The Bertz CT molecular complexity index is 536. The highest BCUT2D eigenvalue weighted by molar-refractivity contribution is 5.88. The Morgan fingerprint density at radius 3 is 2.95 bits per heavy atom. The number of esters is 2. The highest BCUT2D eigenvalue weighted by Gasteiger charge is 2.77. The molecule has 3 fully saturated rings. The first-order valence-electron chi connectivity index (χ1n) is 6.10. The first kappa shape index (κ1) is 12.2.